The molecule has 0 radical (unpaired) electrons. The van der Waals surface area contributed by atoms with E-state index in [1.54, 1.807) is 25.1 Å². The lowest BCUT2D eigenvalue weighted by Crippen LogP contribution is -2.23. The van der Waals surface area contributed by atoms with Crippen LogP contribution in [-0.4, -0.2) is 37.1 Å². The van der Waals surface area contributed by atoms with Gasteiger partial charge in [0.1, 0.15) is 5.75 Å². The van der Waals surface area contributed by atoms with Crippen LogP contribution in [0.2, 0.25) is 5.02 Å². The summed E-state index contributed by atoms with van der Waals surface area (Å²) >= 11 is 7.29. The molecule has 21 heavy (non-hydrogen) atoms. The van der Waals surface area contributed by atoms with Gasteiger partial charge in [-0.05, 0) is 25.1 Å². The van der Waals surface area contributed by atoms with E-state index in [1.807, 2.05) is 0 Å². The first-order valence-electron chi connectivity index (χ1n) is 6.30. The number of carbonyl (C=O) groups is 2. The van der Waals surface area contributed by atoms with Gasteiger partial charge in [-0.2, -0.15) is 0 Å². The van der Waals surface area contributed by atoms with Gasteiger partial charge in [0.15, 0.2) is 0 Å². The molecule has 1 N–H and O–H groups in total. The third-order valence-electron chi connectivity index (χ3n) is 2.69. The van der Waals surface area contributed by atoms with Gasteiger partial charge >= 0.3 is 5.97 Å². The maximum Gasteiger partial charge on any atom is 0.306 e. The Morgan fingerprint density at radius 1 is 1.38 bits per heavy atom. The molecular formula is C14H18ClNO4S. The topological polar surface area (TPSA) is 64.6 Å². The predicted octanol–water partition coefficient (Wildman–Crippen LogP) is 2.97. The van der Waals surface area contributed by atoms with Crippen LogP contribution < -0.4 is 10.1 Å². The fourth-order valence-corrected chi connectivity index (χ4v) is 2.53. The molecule has 116 valence electrons. The second-order valence-electron chi connectivity index (χ2n) is 4.17. The minimum atomic E-state index is -0.307. The molecule has 1 amide bonds. The van der Waals surface area contributed by atoms with Crippen molar-refractivity contribution in [2.75, 3.05) is 25.3 Å². The molecule has 0 saturated heterocycles. The van der Waals surface area contributed by atoms with E-state index in [4.69, 9.17) is 16.3 Å². The number of methoxy groups -OCH3 is 2. The molecule has 0 unspecified atom stereocenters. The molecule has 0 aliphatic heterocycles. The van der Waals surface area contributed by atoms with Crippen LogP contribution in [-0.2, 0) is 14.3 Å². The van der Waals surface area contributed by atoms with Crippen molar-refractivity contribution in [2.45, 2.75) is 18.6 Å². The van der Waals surface area contributed by atoms with E-state index in [2.05, 4.69) is 10.1 Å². The number of amides is 1. The molecule has 0 heterocycles. The zero-order valence-electron chi connectivity index (χ0n) is 12.1. The number of halogens is 1. The fourth-order valence-electron chi connectivity index (χ4n) is 1.51. The van der Waals surface area contributed by atoms with Gasteiger partial charge < -0.3 is 14.8 Å². The lowest BCUT2D eigenvalue weighted by atomic mass is 10.3. The Balaban J connectivity index is 2.56. The molecule has 1 aromatic rings. The molecule has 1 rings (SSSR count). The number of nitrogens with one attached hydrogen (secondary N) is 1. The summed E-state index contributed by atoms with van der Waals surface area (Å²) in [6, 6.07) is 5.00. The molecule has 0 aliphatic rings. The Labute approximate surface area is 133 Å². The standard InChI is InChI=1S/C14H18ClNO4S/c1-9(21-7-6-13(17)20-3)14(18)16-11-8-10(15)4-5-12(11)19-2/h4-5,8-9H,6-7H2,1-3H3,(H,16,18)/t9-/m1/s1. The summed E-state index contributed by atoms with van der Waals surface area (Å²) in [4.78, 5) is 23.1. The summed E-state index contributed by atoms with van der Waals surface area (Å²) in [5, 5.41) is 2.97. The van der Waals surface area contributed by atoms with Crippen LogP contribution in [0, 0.1) is 0 Å². The van der Waals surface area contributed by atoms with Gasteiger partial charge in [0, 0.05) is 10.8 Å². The first-order chi connectivity index (χ1) is 9.97. The first kappa shape index (κ1) is 17.7. The smallest absolute Gasteiger partial charge is 0.306 e. The maximum atomic E-state index is 12.1. The van der Waals surface area contributed by atoms with E-state index in [9.17, 15) is 9.59 Å². The molecule has 5 nitrogen and oxygen atoms in total. The van der Waals surface area contributed by atoms with Crippen LogP contribution in [0.1, 0.15) is 13.3 Å². The van der Waals surface area contributed by atoms with Gasteiger partial charge in [0.05, 0.1) is 31.6 Å². The molecule has 1 atom stereocenters. The summed E-state index contributed by atoms with van der Waals surface area (Å²) in [5.74, 6) is 0.602. The lowest BCUT2D eigenvalue weighted by molar-refractivity contribution is -0.140. The summed E-state index contributed by atoms with van der Waals surface area (Å²) in [6.45, 7) is 1.77. The SMILES string of the molecule is COC(=O)CCS[C@H](C)C(=O)Nc1cc(Cl)ccc1OC. The summed E-state index contributed by atoms with van der Waals surface area (Å²) < 4.78 is 9.71. The molecule has 0 bridgehead atoms. The quantitative estimate of drug-likeness (QED) is 0.778. The van der Waals surface area contributed by atoms with E-state index >= 15 is 0 Å². The second kappa shape index (κ2) is 8.79. The Morgan fingerprint density at radius 2 is 2.10 bits per heavy atom. The predicted molar refractivity (Wildman–Crippen MR) is 85.2 cm³/mol. The highest BCUT2D eigenvalue weighted by atomic mass is 35.5. The zero-order valence-corrected chi connectivity index (χ0v) is 13.7. The molecule has 0 fully saturated rings. The molecular weight excluding hydrogens is 314 g/mol. The van der Waals surface area contributed by atoms with Crippen molar-refractivity contribution in [2.24, 2.45) is 0 Å². The fraction of sp³-hybridized carbons (Fsp3) is 0.429. The van der Waals surface area contributed by atoms with Crippen LogP contribution >= 0.6 is 23.4 Å². The van der Waals surface area contributed by atoms with E-state index < -0.39 is 0 Å². The second-order valence-corrected chi connectivity index (χ2v) is 6.06. The Bertz CT molecular complexity index is 510. The largest absolute Gasteiger partial charge is 0.495 e. The maximum absolute atomic E-state index is 12.1. The first-order valence-corrected chi connectivity index (χ1v) is 7.73. The van der Waals surface area contributed by atoms with Crippen LogP contribution in [0.15, 0.2) is 18.2 Å². The molecule has 0 aromatic heterocycles. The minimum absolute atomic E-state index is 0.176. The number of hydrogen-bond donors (Lipinski definition) is 1. The Morgan fingerprint density at radius 3 is 2.71 bits per heavy atom. The highest BCUT2D eigenvalue weighted by molar-refractivity contribution is 8.00. The van der Waals surface area contributed by atoms with Gasteiger partial charge in [0.25, 0.3) is 0 Å². The normalized spacial score (nSPS) is 11.6. The summed E-state index contributed by atoms with van der Waals surface area (Å²) in [6.07, 6.45) is 0.277. The van der Waals surface area contributed by atoms with Gasteiger partial charge in [-0.3, -0.25) is 9.59 Å². The molecule has 0 aliphatic carbocycles. The van der Waals surface area contributed by atoms with Crippen LogP contribution in [0.3, 0.4) is 0 Å². The highest BCUT2D eigenvalue weighted by Crippen LogP contribution is 2.28. The highest BCUT2D eigenvalue weighted by Gasteiger charge is 2.16. The third kappa shape index (κ3) is 5.85. The number of hydrogen-bond acceptors (Lipinski definition) is 5. The third-order valence-corrected chi connectivity index (χ3v) is 4.08. The van der Waals surface area contributed by atoms with E-state index in [1.165, 1.54) is 26.0 Å². The van der Waals surface area contributed by atoms with Crippen molar-refractivity contribution in [1.82, 2.24) is 0 Å². The van der Waals surface area contributed by atoms with Crippen molar-refractivity contribution in [1.29, 1.82) is 0 Å². The summed E-state index contributed by atoms with van der Waals surface area (Å²) in [5.41, 5.74) is 0.524. The van der Waals surface area contributed by atoms with Crippen LogP contribution in [0.25, 0.3) is 0 Å². The van der Waals surface area contributed by atoms with Crippen molar-refractivity contribution < 1.29 is 19.1 Å². The van der Waals surface area contributed by atoms with Gasteiger partial charge in [0.2, 0.25) is 5.91 Å². The molecule has 0 saturated carbocycles. The summed E-state index contributed by atoms with van der Waals surface area (Å²) in [7, 11) is 2.86. The van der Waals surface area contributed by atoms with Gasteiger partial charge in [-0.15, -0.1) is 11.8 Å². The van der Waals surface area contributed by atoms with E-state index in [0.717, 1.165) is 0 Å². The Kier molecular flexibility index (Phi) is 7.39. The number of anilines is 1. The van der Waals surface area contributed by atoms with E-state index in [-0.39, 0.29) is 23.5 Å². The van der Waals surface area contributed by atoms with Crippen LogP contribution in [0.4, 0.5) is 5.69 Å². The minimum Gasteiger partial charge on any atom is -0.495 e. The van der Waals surface area contributed by atoms with Crippen LogP contribution in [0.5, 0.6) is 5.75 Å². The molecule has 1 aromatic carbocycles. The molecule has 0 spiro atoms. The van der Waals surface area contributed by atoms with Crippen molar-refractivity contribution in [3.05, 3.63) is 23.2 Å². The Hall–Kier alpha value is -1.40. The van der Waals surface area contributed by atoms with E-state index in [0.29, 0.717) is 22.2 Å². The number of benzene rings is 1. The zero-order chi connectivity index (χ0) is 15.8. The lowest BCUT2D eigenvalue weighted by Gasteiger charge is -2.14. The van der Waals surface area contributed by atoms with Crippen molar-refractivity contribution in [3.63, 3.8) is 0 Å². The average molecular weight is 332 g/mol. The number of carbonyl (C=O) groups excluding carboxylic acids is 2. The number of esters is 1. The van der Waals surface area contributed by atoms with Crippen molar-refractivity contribution in [3.8, 4) is 5.75 Å². The average Bonchev–Trinajstić information content (AvgIpc) is 2.47. The number of thioether (sulfide) groups is 1. The number of rotatable bonds is 7. The van der Waals surface area contributed by atoms with Gasteiger partial charge in [-0.1, -0.05) is 11.6 Å². The van der Waals surface area contributed by atoms with Gasteiger partial charge in [-0.25, -0.2) is 0 Å². The van der Waals surface area contributed by atoms with Crippen molar-refractivity contribution >= 4 is 40.9 Å². The monoisotopic (exact) mass is 331 g/mol. The molecule has 7 heteroatoms. The number of ether oxygens (including phenoxy) is 2.